The van der Waals surface area contributed by atoms with Crippen molar-refractivity contribution in [3.8, 4) is 0 Å². The van der Waals surface area contributed by atoms with Crippen LogP contribution in [-0.2, 0) is 4.74 Å². The Morgan fingerprint density at radius 3 is 2.43 bits per heavy atom. The highest BCUT2D eigenvalue weighted by molar-refractivity contribution is 6.15. The highest BCUT2D eigenvalue weighted by Crippen LogP contribution is 2.38. The average Bonchev–Trinajstić information content (AvgIpc) is 3.27. The minimum atomic E-state index is -0.688. The number of benzene rings is 3. The van der Waals surface area contributed by atoms with Gasteiger partial charge in [0.2, 0.25) is 12.0 Å². The van der Waals surface area contributed by atoms with Crippen LogP contribution in [0.5, 0.6) is 0 Å². The topological polar surface area (TPSA) is 68.5 Å². The first-order valence-corrected chi connectivity index (χ1v) is 8.90. The molecule has 0 fully saturated rings. The molecule has 5 rings (SSSR count). The number of esters is 1. The number of cyclic esters (lactones) is 1. The van der Waals surface area contributed by atoms with Gasteiger partial charge in [-0.05, 0) is 18.2 Å². The van der Waals surface area contributed by atoms with Crippen molar-refractivity contribution >= 4 is 28.4 Å². The second-order valence-electron chi connectivity index (χ2n) is 6.51. The van der Waals surface area contributed by atoms with Crippen molar-refractivity contribution < 1.29 is 18.7 Å². The molecule has 4 aromatic rings. The van der Waals surface area contributed by atoms with Crippen LogP contribution in [0, 0.1) is 0 Å². The van der Waals surface area contributed by atoms with Crippen LogP contribution in [0.2, 0.25) is 0 Å². The molecule has 0 saturated carbocycles. The molecule has 5 heteroatoms. The summed E-state index contributed by atoms with van der Waals surface area (Å²) in [4.78, 5) is 25.2. The number of carbonyl (C=O) groups excluding carboxylic acids is 2. The molecule has 5 nitrogen and oxygen atoms in total. The minimum Gasteiger partial charge on any atom is -0.450 e. The lowest BCUT2D eigenvalue weighted by Crippen LogP contribution is -2.13. The molecule has 1 N–H and O–H groups in total. The lowest BCUT2D eigenvalue weighted by Gasteiger charge is -2.14. The van der Waals surface area contributed by atoms with Crippen molar-refractivity contribution in [1.82, 2.24) is 0 Å². The molecular weight excluding hydrogens is 354 g/mol. The summed E-state index contributed by atoms with van der Waals surface area (Å²) in [5, 5.41) is 3.96. The highest BCUT2D eigenvalue weighted by Gasteiger charge is 2.33. The van der Waals surface area contributed by atoms with Crippen molar-refractivity contribution in [3.05, 3.63) is 101 Å². The maximum atomic E-state index is 13.1. The lowest BCUT2D eigenvalue weighted by atomic mass is 10.1. The van der Waals surface area contributed by atoms with Gasteiger partial charge in [-0.2, -0.15) is 0 Å². The van der Waals surface area contributed by atoms with Gasteiger partial charge in [0.25, 0.3) is 0 Å². The van der Waals surface area contributed by atoms with E-state index in [4.69, 9.17) is 9.15 Å². The van der Waals surface area contributed by atoms with Gasteiger partial charge in [-0.25, -0.2) is 4.79 Å². The molecule has 2 heterocycles. The molecular formula is C23H15NO4. The van der Waals surface area contributed by atoms with Crippen molar-refractivity contribution in [1.29, 1.82) is 0 Å². The first kappa shape index (κ1) is 16.3. The van der Waals surface area contributed by atoms with E-state index in [9.17, 15) is 9.59 Å². The van der Waals surface area contributed by atoms with Crippen molar-refractivity contribution in [2.45, 2.75) is 6.23 Å². The van der Waals surface area contributed by atoms with Crippen LogP contribution in [0.4, 0.5) is 5.69 Å². The van der Waals surface area contributed by atoms with Crippen LogP contribution in [-0.4, -0.2) is 11.8 Å². The second-order valence-corrected chi connectivity index (χ2v) is 6.51. The number of furan rings is 1. The fourth-order valence-electron chi connectivity index (χ4n) is 3.45. The molecule has 0 bridgehead atoms. The number of anilines is 1. The molecule has 1 aliphatic heterocycles. The third-order valence-electron chi connectivity index (χ3n) is 4.80. The Morgan fingerprint density at radius 1 is 0.857 bits per heavy atom. The van der Waals surface area contributed by atoms with Crippen LogP contribution < -0.4 is 5.32 Å². The zero-order valence-corrected chi connectivity index (χ0v) is 14.7. The predicted molar refractivity (Wildman–Crippen MR) is 104 cm³/mol. The number of rotatable bonds is 4. The zero-order valence-electron chi connectivity index (χ0n) is 14.7. The van der Waals surface area contributed by atoms with E-state index in [1.807, 2.05) is 36.4 Å². The van der Waals surface area contributed by atoms with Crippen LogP contribution in [0.3, 0.4) is 0 Å². The van der Waals surface area contributed by atoms with E-state index in [-0.39, 0.29) is 11.5 Å². The normalized spacial score (nSPS) is 15.3. The van der Waals surface area contributed by atoms with Gasteiger partial charge in [-0.1, -0.05) is 60.7 Å². The van der Waals surface area contributed by atoms with Gasteiger partial charge < -0.3 is 14.5 Å². The summed E-state index contributed by atoms with van der Waals surface area (Å²) in [7, 11) is 0. The Morgan fingerprint density at radius 2 is 1.57 bits per heavy atom. The quantitative estimate of drug-likeness (QED) is 0.407. The summed E-state index contributed by atoms with van der Waals surface area (Å²) in [6.45, 7) is 0. The molecule has 1 aromatic heterocycles. The van der Waals surface area contributed by atoms with E-state index in [2.05, 4.69) is 5.32 Å². The van der Waals surface area contributed by atoms with Crippen molar-refractivity contribution in [2.75, 3.05) is 5.32 Å². The maximum Gasteiger partial charge on any atom is 0.340 e. The summed E-state index contributed by atoms with van der Waals surface area (Å²) in [6, 6.07) is 23.5. The van der Waals surface area contributed by atoms with Crippen LogP contribution >= 0.6 is 0 Å². The second kappa shape index (κ2) is 6.39. The Labute approximate surface area is 160 Å². The van der Waals surface area contributed by atoms with Gasteiger partial charge in [0.15, 0.2) is 5.76 Å². The van der Waals surface area contributed by atoms with E-state index in [0.717, 1.165) is 10.9 Å². The lowest BCUT2D eigenvalue weighted by molar-refractivity contribution is 0.0437. The van der Waals surface area contributed by atoms with Gasteiger partial charge in [-0.3, -0.25) is 4.79 Å². The van der Waals surface area contributed by atoms with Crippen molar-refractivity contribution in [3.63, 3.8) is 0 Å². The van der Waals surface area contributed by atoms with Gasteiger partial charge in [-0.15, -0.1) is 0 Å². The van der Waals surface area contributed by atoms with Crippen LogP contribution in [0.1, 0.15) is 38.3 Å². The molecule has 1 atom stereocenters. The zero-order chi connectivity index (χ0) is 19.1. The third-order valence-corrected chi connectivity index (χ3v) is 4.80. The Hall–Kier alpha value is -3.86. The number of ketones is 1. The Kier molecular flexibility index (Phi) is 3.72. The summed E-state index contributed by atoms with van der Waals surface area (Å²) < 4.78 is 11.4. The fraction of sp³-hybridized carbons (Fsp3) is 0.0435. The number of fused-ring (bicyclic) bond motifs is 2. The monoisotopic (exact) mass is 369 g/mol. The third kappa shape index (κ3) is 2.56. The summed E-state index contributed by atoms with van der Waals surface area (Å²) in [5.74, 6) is -0.443. The molecule has 3 aromatic carbocycles. The van der Waals surface area contributed by atoms with Gasteiger partial charge >= 0.3 is 5.97 Å². The first-order chi connectivity index (χ1) is 13.7. The summed E-state index contributed by atoms with van der Waals surface area (Å²) in [6.07, 6.45) is -0.688. The van der Waals surface area contributed by atoms with E-state index in [1.54, 1.807) is 42.5 Å². The molecule has 0 radical (unpaired) electrons. The van der Waals surface area contributed by atoms with Gasteiger partial charge in [0.05, 0.1) is 11.3 Å². The van der Waals surface area contributed by atoms with Gasteiger partial charge in [0.1, 0.15) is 5.58 Å². The number of ether oxygens (including phenoxy) is 1. The summed E-state index contributed by atoms with van der Waals surface area (Å²) in [5.41, 5.74) is 2.87. The SMILES string of the molecule is O=C1OC(Nc2c(C(=O)c3ccccc3)oc3ccccc23)c2ccccc21. The molecule has 0 aliphatic carbocycles. The number of hydrogen-bond acceptors (Lipinski definition) is 5. The molecule has 0 saturated heterocycles. The van der Waals surface area contributed by atoms with E-state index in [0.29, 0.717) is 22.4 Å². The Balaban J connectivity index is 1.61. The first-order valence-electron chi connectivity index (χ1n) is 8.90. The van der Waals surface area contributed by atoms with Crippen LogP contribution in [0.15, 0.2) is 83.3 Å². The summed E-state index contributed by atoms with van der Waals surface area (Å²) >= 11 is 0. The van der Waals surface area contributed by atoms with Crippen LogP contribution in [0.25, 0.3) is 11.0 Å². The number of para-hydroxylation sites is 1. The molecule has 0 spiro atoms. The molecule has 1 unspecified atom stereocenters. The largest absolute Gasteiger partial charge is 0.450 e. The predicted octanol–water partition coefficient (Wildman–Crippen LogP) is 4.94. The van der Waals surface area contributed by atoms with E-state index < -0.39 is 12.2 Å². The standard InChI is InChI=1S/C23H15NO4/c25-20(14-8-2-1-3-9-14)21-19(17-12-6-7-13-18(17)27-21)24-22-15-10-4-5-11-16(15)23(26)28-22/h1-13,22,24H. The number of carbonyl (C=O) groups is 2. The average molecular weight is 369 g/mol. The number of hydrogen-bond donors (Lipinski definition) is 1. The molecule has 1 aliphatic rings. The highest BCUT2D eigenvalue weighted by atomic mass is 16.6. The molecule has 28 heavy (non-hydrogen) atoms. The fourth-order valence-corrected chi connectivity index (χ4v) is 3.45. The van der Waals surface area contributed by atoms with E-state index >= 15 is 0 Å². The van der Waals surface area contributed by atoms with Gasteiger partial charge in [0, 0.05) is 16.5 Å². The maximum absolute atomic E-state index is 13.1. The minimum absolute atomic E-state index is 0.188. The smallest absolute Gasteiger partial charge is 0.340 e. The molecule has 136 valence electrons. The number of nitrogens with one attached hydrogen (secondary N) is 1. The van der Waals surface area contributed by atoms with E-state index in [1.165, 1.54) is 0 Å². The van der Waals surface area contributed by atoms with Crippen molar-refractivity contribution in [2.24, 2.45) is 0 Å². The Bertz CT molecular complexity index is 1210. The molecule has 0 amide bonds.